The van der Waals surface area contributed by atoms with Gasteiger partial charge in [0.15, 0.2) is 11.5 Å². The van der Waals surface area contributed by atoms with Gasteiger partial charge in [-0.05, 0) is 62.0 Å². The molecule has 124 valence electrons. The molecule has 0 atom stereocenters. The minimum atomic E-state index is 0. The second kappa shape index (κ2) is 7.39. The number of piperidine rings is 1. The number of likely N-dealkylation sites (tertiary alicyclic amines) is 1. The summed E-state index contributed by atoms with van der Waals surface area (Å²) in [7, 11) is 1.57. The van der Waals surface area contributed by atoms with Gasteiger partial charge in [-0.1, -0.05) is 15.9 Å². The van der Waals surface area contributed by atoms with Crippen LogP contribution in [0, 0.1) is 5.41 Å². The van der Waals surface area contributed by atoms with E-state index in [-0.39, 0.29) is 18.2 Å². The number of nitrogens with zero attached hydrogens (tertiary/aromatic N) is 1. The van der Waals surface area contributed by atoms with Crippen molar-refractivity contribution in [2.24, 2.45) is 5.41 Å². The number of nitrogens with one attached hydrogen (secondary N) is 1. The first kappa shape index (κ1) is 17.9. The summed E-state index contributed by atoms with van der Waals surface area (Å²) in [4.78, 5) is 2.51. The molecule has 1 aromatic carbocycles. The van der Waals surface area contributed by atoms with E-state index in [0.29, 0.717) is 11.2 Å². The van der Waals surface area contributed by atoms with Crippen LogP contribution in [-0.2, 0) is 6.54 Å². The van der Waals surface area contributed by atoms with Crippen molar-refractivity contribution in [3.63, 3.8) is 0 Å². The van der Waals surface area contributed by atoms with Crippen LogP contribution in [0.25, 0.3) is 0 Å². The Hall–Kier alpha value is -0.490. The van der Waals surface area contributed by atoms with Crippen LogP contribution in [0.3, 0.4) is 0 Å². The van der Waals surface area contributed by atoms with Gasteiger partial charge in [0, 0.05) is 17.6 Å². The number of halogens is 2. The lowest BCUT2D eigenvalue weighted by Crippen LogP contribution is -2.38. The molecule has 2 aliphatic heterocycles. The highest BCUT2D eigenvalue weighted by atomic mass is 79.9. The van der Waals surface area contributed by atoms with Crippen molar-refractivity contribution in [3.05, 3.63) is 22.2 Å². The standard InChI is InChI=1S/C16H23BrN2O2.ClH/c1-21-15-9-13(17)12(8-14(15)20)10-19-7-4-16(11-19)2-5-18-6-3-16;/h8-9,18,20H,2-7,10-11H2,1H3;1H. The van der Waals surface area contributed by atoms with E-state index >= 15 is 0 Å². The molecule has 22 heavy (non-hydrogen) atoms. The maximum atomic E-state index is 9.96. The molecule has 0 saturated carbocycles. The minimum Gasteiger partial charge on any atom is -0.504 e. The molecule has 2 aliphatic rings. The molecule has 3 rings (SSSR count). The third-order valence-corrected chi connectivity index (χ3v) is 5.66. The van der Waals surface area contributed by atoms with Gasteiger partial charge in [0.1, 0.15) is 0 Å². The molecular formula is C16H24BrClN2O2. The first-order chi connectivity index (χ1) is 10.1. The molecule has 0 bridgehead atoms. The summed E-state index contributed by atoms with van der Waals surface area (Å²) < 4.78 is 6.14. The fourth-order valence-electron chi connectivity index (χ4n) is 3.64. The van der Waals surface area contributed by atoms with Crippen LogP contribution in [0.2, 0.25) is 0 Å². The number of hydrogen-bond acceptors (Lipinski definition) is 4. The van der Waals surface area contributed by atoms with E-state index in [4.69, 9.17) is 4.74 Å². The van der Waals surface area contributed by atoms with E-state index in [1.54, 1.807) is 7.11 Å². The molecule has 0 radical (unpaired) electrons. The van der Waals surface area contributed by atoms with Crippen molar-refractivity contribution < 1.29 is 9.84 Å². The highest BCUT2D eigenvalue weighted by Gasteiger charge is 2.38. The highest BCUT2D eigenvalue weighted by Crippen LogP contribution is 2.40. The van der Waals surface area contributed by atoms with E-state index in [1.807, 2.05) is 12.1 Å². The summed E-state index contributed by atoms with van der Waals surface area (Å²) in [5.74, 6) is 0.730. The number of phenols is 1. The largest absolute Gasteiger partial charge is 0.504 e. The topological polar surface area (TPSA) is 44.7 Å². The van der Waals surface area contributed by atoms with Crippen LogP contribution in [0.15, 0.2) is 16.6 Å². The average Bonchev–Trinajstić information content (AvgIpc) is 2.86. The van der Waals surface area contributed by atoms with Crippen LogP contribution >= 0.6 is 28.3 Å². The zero-order valence-electron chi connectivity index (χ0n) is 12.9. The number of hydrogen-bond donors (Lipinski definition) is 2. The van der Waals surface area contributed by atoms with Crippen LogP contribution in [0.4, 0.5) is 0 Å². The summed E-state index contributed by atoms with van der Waals surface area (Å²) in [6.07, 6.45) is 3.88. The zero-order valence-corrected chi connectivity index (χ0v) is 15.3. The van der Waals surface area contributed by atoms with E-state index in [2.05, 4.69) is 26.1 Å². The Morgan fingerprint density at radius 1 is 1.32 bits per heavy atom. The number of rotatable bonds is 3. The van der Waals surface area contributed by atoms with Gasteiger partial charge in [0.2, 0.25) is 0 Å². The Balaban J connectivity index is 0.00000176. The summed E-state index contributed by atoms with van der Waals surface area (Å²) >= 11 is 3.59. The van der Waals surface area contributed by atoms with Crippen molar-refractivity contribution in [1.82, 2.24) is 10.2 Å². The van der Waals surface area contributed by atoms with Crippen molar-refractivity contribution >= 4 is 28.3 Å². The van der Waals surface area contributed by atoms with Gasteiger partial charge in [-0.15, -0.1) is 12.4 Å². The van der Waals surface area contributed by atoms with Crippen molar-refractivity contribution in [2.75, 3.05) is 33.3 Å². The number of benzene rings is 1. The molecule has 1 aromatic rings. The van der Waals surface area contributed by atoms with E-state index in [9.17, 15) is 5.11 Å². The van der Waals surface area contributed by atoms with Crippen LogP contribution < -0.4 is 10.1 Å². The molecule has 0 aliphatic carbocycles. The lowest BCUT2D eigenvalue weighted by atomic mass is 9.78. The van der Waals surface area contributed by atoms with Gasteiger partial charge in [0.05, 0.1) is 7.11 Å². The molecule has 2 N–H and O–H groups in total. The average molecular weight is 392 g/mol. The summed E-state index contributed by atoms with van der Waals surface area (Å²) in [6, 6.07) is 3.66. The molecule has 6 heteroatoms. The molecule has 1 spiro atoms. The molecule has 0 unspecified atom stereocenters. The van der Waals surface area contributed by atoms with Crippen molar-refractivity contribution in [1.29, 1.82) is 0 Å². The normalized spacial score (nSPS) is 20.8. The Bertz CT molecular complexity index is 521. The summed E-state index contributed by atoms with van der Waals surface area (Å²) in [5.41, 5.74) is 1.64. The van der Waals surface area contributed by atoms with Gasteiger partial charge in [-0.3, -0.25) is 4.90 Å². The van der Waals surface area contributed by atoms with Gasteiger partial charge in [-0.25, -0.2) is 0 Å². The molecule has 0 amide bonds. The van der Waals surface area contributed by atoms with Crippen molar-refractivity contribution in [3.8, 4) is 11.5 Å². The fraction of sp³-hybridized carbons (Fsp3) is 0.625. The number of ether oxygens (including phenoxy) is 1. The fourth-order valence-corrected chi connectivity index (χ4v) is 4.09. The zero-order chi connectivity index (χ0) is 14.9. The monoisotopic (exact) mass is 390 g/mol. The summed E-state index contributed by atoms with van der Waals surface area (Å²) in [6.45, 7) is 5.52. The molecule has 2 fully saturated rings. The smallest absolute Gasteiger partial charge is 0.161 e. The molecule has 0 aromatic heterocycles. The highest BCUT2D eigenvalue weighted by molar-refractivity contribution is 9.10. The first-order valence-corrected chi connectivity index (χ1v) is 8.40. The van der Waals surface area contributed by atoms with Crippen LogP contribution in [0.1, 0.15) is 24.8 Å². The van der Waals surface area contributed by atoms with Gasteiger partial charge in [0.25, 0.3) is 0 Å². The van der Waals surface area contributed by atoms with Gasteiger partial charge in [-0.2, -0.15) is 0 Å². The Labute approximate surface area is 146 Å². The van der Waals surface area contributed by atoms with Gasteiger partial charge >= 0.3 is 0 Å². The third-order valence-electron chi connectivity index (χ3n) is 4.92. The number of methoxy groups -OCH3 is 1. The molecule has 2 heterocycles. The second-order valence-corrected chi connectivity index (χ2v) is 7.18. The molecule has 2 saturated heterocycles. The Morgan fingerprint density at radius 3 is 2.73 bits per heavy atom. The number of phenolic OH excluding ortho intramolecular Hbond substituents is 1. The number of aromatic hydroxyl groups is 1. The van der Waals surface area contributed by atoms with E-state index in [0.717, 1.165) is 36.2 Å². The first-order valence-electron chi connectivity index (χ1n) is 7.60. The third kappa shape index (κ3) is 3.70. The lowest BCUT2D eigenvalue weighted by molar-refractivity contribution is 0.194. The maximum absolute atomic E-state index is 9.96. The van der Waals surface area contributed by atoms with Crippen molar-refractivity contribution in [2.45, 2.75) is 25.8 Å². The molecule has 4 nitrogen and oxygen atoms in total. The Kier molecular flexibility index (Phi) is 6.00. The second-order valence-electron chi connectivity index (χ2n) is 6.33. The predicted octanol–water partition coefficient (Wildman–Crippen LogP) is 3.16. The summed E-state index contributed by atoms with van der Waals surface area (Å²) in [5, 5.41) is 13.4. The van der Waals surface area contributed by atoms with E-state index < -0.39 is 0 Å². The quantitative estimate of drug-likeness (QED) is 0.831. The Morgan fingerprint density at radius 2 is 2.05 bits per heavy atom. The van der Waals surface area contributed by atoms with Crippen LogP contribution in [-0.4, -0.2) is 43.3 Å². The minimum absolute atomic E-state index is 0. The maximum Gasteiger partial charge on any atom is 0.161 e. The van der Waals surface area contributed by atoms with Crippen LogP contribution in [0.5, 0.6) is 11.5 Å². The van der Waals surface area contributed by atoms with E-state index in [1.165, 1.54) is 25.8 Å². The van der Waals surface area contributed by atoms with Gasteiger partial charge < -0.3 is 15.2 Å². The lowest BCUT2D eigenvalue weighted by Gasteiger charge is -2.34. The molecular weight excluding hydrogens is 368 g/mol. The predicted molar refractivity (Wildman–Crippen MR) is 94.0 cm³/mol. The SMILES string of the molecule is COc1cc(Br)c(CN2CCC3(CCNCC3)C2)cc1O.Cl.